The molecular formula is C47H100N6O5. The van der Waals surface area contributed by atoms with Gasteiger partial charge in [0.2, 0.25) is 17.7 Å². The number of carbonyl (C=O) groups is 3. The first-order valence-electron chi connectivity index (χ1n) is 21.2. The lowest BCUT2D eigenvalue weighted by atomic mass is 9.89. The number of carbonyl (C=O) groups excluding carboxylic acids is 3. The Hall–Kier alpha value is -2.49. The van der Waals surface area contributed by atoms with E-state index in [0.29, 0.717) is 36.9 Å². The second-order valence-electron chi connectivity index (χ2n) is 21.5. The molecular weight excluding hydrogens is 729 g/mol. The maximum atomic E-state index is 10.9. The summed E-state index contributed by atoms with van der Waals surface area (Å²) in [6, 6.07) is 0. The van der Waals surface area contributed by atoms with Gasteiger partial charge >= 0.3 is 0 Å². The van der Waals surface area contributed by atoms with E-state index in [1.807, 2.05) is 55.5 Å². The van der Waals surface area contributed by atoms with Crippen LogP contribution < -0.4 is 32.7 Å². The van der Waals surface area contributed by atoms with Crippen molar-refractivity contribution in [3.8, 4) is 12.3 Å². The molecule has 2 atom stereocenters. The first-order chi connectivity index (χ1) is 25.9. The highest BCUT2D eigenvalue weighted by molar-refractivity contribution is 5.86. The Kier molecular flexibility index (Phi) is 40.9. The van der Waals surface area contributed by atoms with E-state index < -0.39 is 0 Å². The van der Waals surface area contributed by atoms with E-state index in [2.05, 4.69) is 117 Å². The van der Waals surface area contributed by atoms with Crippen molar-refractivity contribution in [1.29, 1.82) is 0 Å². The molecule has 0 heterocycles. The Morgan fingerprint density at radius 3 is 1.17 bits per heavy atom. The zero-order chi connectivity index (χ0) is 47.6. The number of terminal acetylenes is 1. The average molecular weight is 829 g/mol. The Morgan fingerprint density at radius 2 is 0.983 bits per heavy atom. The summed E-state index contributed by atoms with van der Waals surface area (Å²) >= 11 is 0. The minimum absolute atomic E-state index is 0.00299. The summed E-state index contributed by atoms with van der Waals surface area (Å²) in [4.78, 5) is 32.3. The van der Waals surface area contributed by atoms with E-state index in [1.54, 1.807) is 0 Å². The van der Waals surface area contributed by atoms with Crippen LogP contribution in [0.4, 0.5) is 0 Å². The maximum absolute atomic E-state index is 10.9. The van der Waals surface area contributed by atoms with Crippen molar-refractivity contribution in [3.63, 3.8) is 0 Å². The van der Waals surface area contributed by atoms with Crippen molar-refractivity contribution >= 4 is 17.7 Å². The molecule has 0 aromatic heterocycles. The summed E-state index contributed by atoms with van der Waals surface area (Å²) in [7, 11) is 1.84. The molecule has 2 unspecified atom stereocenters. The molecule has 0 aromatic rings. The van der Waals surface area contributed by atoms with E-state index in [9.17, 15) is 19.5 Å². The number of aliphatic hydroxyl groups is 2. The Labute approximate surface area is 360 Å². The Bertz CT molecular complexity index is 1060. The normalized spacial score (nSPS) is 12.5. The van der Waals surface area contributed by atoms with Gasteiger partial charge in [0.1, 0.15) is 0 Å². The van der Waals surface area contributed by atoms with E-state index in [1.165, 1.54) is 6.08 Å². The molecule has 10 N–H and O–H groups in total. The van der Waals surface area contributed by atoms with Crippen molar-refractivity contribution in [2.45, 2.75) is 182 Å². The third-order valence-corrected chi connectivity index (χ3v) is 7.85. The third-order valence-electron chi connectivity index (χ3n) is 7.85. The van der Waals surface area contributed by atoms with Crippen molar-refractivity contribution in [2.24, 2.45) is 44.0 Å². The lowest BCUT2D eigenvalue weighted by molar-refractivity contribution is -0.121. The molecule has 0 fully saturated rings. The molecule has 348 valence electrons. The van der Waals surface area contributed by atoms with E-state index >= 15 is 0 Å². The molecule has 0 aliphatic heterocycles. The van der Waals surface area contributed by atoms with Crippen LogP contribution in [0.15, 0.2) is 12.7 Å². The van der Waals surface area contributed by atoms with Crippen LogP contribution >= 0.6 is 0 Å². The van der Waals surface area contributed by atoms with Crippen LogP contribution in [0.1, 0.15) is 170 Å². The van der Waals surface area contributed by atoms with Gasteiger partial charge in [0.15, 0.2) is 0 Å². The van der Waals surface area contributed by atoms with Gasteiger partial charge in [0.05, 0.1) is 18.6 Å². The summed E-state index contributed by atoms with van der Waals surface area (Å²) in [5, 5.41) is 29.7. The Morgan fingerprint density at radius 1 is 0.638 bits per heavy atom. The van der Waals surface area contributed by atoms with Crippen molar-refractivity contribution < 1.29 is 24.6 Å². The molecule has 0 rings (SSSR count). The minimum Gasteiger partial charge on any atom is -0.391 e. The zero-order valence-electron chi connectivity index (χ0n) is 41.8. The smallest absolute Gasteiger partial charge is 0.243 e. The van der Waals surface area contributed by atoms with Gasteiger partial charge in [-0.3, -0.25) is 14.4 Å². The number of hydrogen-bond donors (Lipinski definition) is 8. The SMILES string of the molecule is C#CCC(=O)NCCC(C)(C)C.C=CC(=O)NCCC(C)(C)C.CC(C)(C)C(O)CN.CC(C)(C)CCN.CCC(=O)NCCC(C)(C)C.CNCC(O)C(C)(C)C. The molecule has 0 spiro atoms. The number of likely N-dealkylation sites (N-methyl/N-ethyl adjacent to an activating group) is 1. The number of amides is 3. The molecule has 0 aromatic carbocycles. The van der Waals surface area contributed by atoms with Crippen LogP contribution in [0, 0.1) is 44.8 Å². The standard InChI is InChI=1S/C10H17NO.C9H19NO.C9H17NO.C7H17NO.C6H15NO.C6H15N/c1-5-6-9(12)11-8-7-10(2,3)4;2*1-5-8(11)10-7-6-9(2,3)4;1-7(2,3)6(9)5-8-4;1-6(2,3)5(8)4-7;1-6(2,3)4-5-7/h1H,6-8H2,2-4H3,(H,11,12);5-7H2,1-4H3,(H,10,11);5H,1,6-7H2,2-4H3,(H,10,11);6,8-9H,5H2,1-4H3;5,8H,4,7H2,1-3H3;4-5,7H2,1-3H3. The van der Waals surface area contributed by atoms with Gasteiger partial charge < -0.3 is 42.9 Å². The van der Waals surface area contributed by atoms with Crippen LogP contribution in [0.2, 0.25) is 0 Å². The minimum atomic E-state index is -0.373. The number of aliphatic hydroxyl groups excluding tert-OH is 2. The largest absolute Gasteiger partial charge is 0.391 e. The summed E-state index contributed by atoms with van der Waals surface area (Å²) in [5.74, 6) is 2.31. The van der Waals surface area contributed by atoms with Gasteiger partial charge in [-0.15, -0.1) is 6.42 Å². The highest BCUT2D eigenvalue weighted by Crippen LogP contribution is 2.20. The van der Waals surface area contributed by atoms with Crippen molar-refractivity contribution in [3.05, 3.63) is 12.7 Å². The van der Waals surface area contributed by atoms with Crippen LogP contribution in [0.3, 0.4) is 0 Å². The molecule has 0 saturated heterocycles. The first-order valence-corrected chi connectivity index (χ1v) is 21.2. The van der Waals surface area contributed by atoms with Crippen LogP contribution in [-0.2, 0) is 14.4 Å². The molecule has 0 aliphatic rings. The van der Waals surface area contributed by atoms with Gasteiger partial charge in [-0.25, -0.2) is 0 Å². The van der Waals surface area contributed by atoms with Gasteiger partial charge in [-0.1, -0.05) is 144 Å². The molecule has 3 amide bonds. The van der Waals surface area contributed by atoms with Crippen molar-refractivity contribution in [1.82, 2.24) is 21.3 Å². The Balaban J connectivity index is -0.000000141. The molecule has 0 saturated carbocycles. The van der Waals surface area contributed by atoms with E-state index in [-0.39, 0.29) is 58.0 Å². The molecule has 11 heteroatoms. The highest BCUT2D eigenvalue weighted by Gasteiger charge is 2.21. The highest BCUT2D eigenvalue weighted by atomic mass is 16.3. The summed E-state index contributed by atoms with van der Waals surface area (Å²) in [5.41, 5.74) is 11.8. The first kappa shape index (κ1) is 67.3. The third kappa shape index (κ3) is 68.2. The predicted octanol–water partition coefficient (Wildman–Crippen LogP) is 7.58. The number of hydrogen-bond acceptors (Lipinski definition) is 8. The second-order valence-corrected chi connectivity index (χ2v) is 21.5. The molecule has 58 heavy (non-hydrogen) atoms. The molecule has 0 bridgehead atoms. The molecule has 0 aliphatic carbocycles. The van der Waals surface area contributed by atoms with Gasteiger partial charge in [-0.2, -0.15) is 0 Å². The van der Waals surface area contributed by atoms with Gasteiger partial charge in [-0.05, 0) is 77.8 Å². The predicted molar refractivity (Wildman–Crippen MR) is 252 cm³/mol. The molecule has 0 radical (unpaired) electrons. The summed E-state index contributed by atoms with van der Waals surface area (Å²) < 4.78 is 0. The fourth-order valence-electron chi connectivity index (χ4n) is 3.35. The van der Waals surface area contributed by atoms with Crippen LogP contribution in [-0.4, -0.2) is 86.5 Å². The van der Waals surface area contributed by atoms with Gasteiger partial charge in [0, 0.05) is 39.1 Å². The fourth-order valence-corrected chi connectivity index (χ4v) is 3.35. The monoisotopic (exact) mass is 829 g/mol. The second kappa shape index (κ2) is 35.3. The average Bonchev–Trinajstić information content (AvgIpc) is 3.02. The fraction of sp³-hybridized carbons (Fsp3) is 0.851. The van der Waals surface area contributed by atoms with E-state index in [4.69, 9.17) is 23.0 Å². The lowest BCUT2D eigenvalue weighted by Crippen LogP contribution is -2.34. The topological polar surface area (TPSA) is 192 Å². The van der Waals surface area contributed by atoms with Crippen LogP contribution in [0.25, 0.3) is 0 Å². The van der Waals surface area contributed by atoms with E-state index in [0.717, 1.165) is 45.3 Å². The lowest BCUT2D eigenvalue weighted by Gasteiger charge is -2.25. The number of rotatable bonds is 13. The summed E-state index contributed by atoms with van der Waals surface area (Å²) in [6.45, 7) is 47.2. The summed E-state index contributed by atoms with van der Waals surface area (Å²) in [6.07, 6.45) is 10.5. The molecule has 11 nitrogen and oxygen atoms in total. The number of nitrogens with two attached hydrogens (primary N) is 2. The van der Waals surface area contributed by atoms with Gasteiger partial charge in [0.25, 0.3) is 0 Å². The van der Waals surface area contributed by atoms with Crippen LogP contribution in [0.5, 0.6) is 0 Å². The quantitative estimate of drug-likeness (QED) is 0.0688. The number of nitrogens with one attached hydrogen (secondary N) is 4. The zero-order valence-corrected chi connectivity index (χ0v) is 41.8. The maximum Gasteiger partial charge on any atom is 0.243 e. The van der Waals surface area contributed by atoms with Crippen molar-refractivity contribution in [2.75, 3.05) is 46.3 Å².